The zero-order valence-electron chi connectivity index (χ0n) is 15.6. The molecule has 1 amide bonds. The Balaban J connectivity index is 1.95. The van der Waals surface area contributed by atoms with Gasteiger partial charge in [-0.1, -0.05) is 28.1 Å². The third-order valence-corrected chi connectivity index (χ3v) is 4.69. The average Bonchev–Trinajstić information content (AvgIpc) is 2.62. The maximum atomic E-state index is 12.4. The summed E-state index contributed by atoms with van der Waals surface area (Å²) < 4.78 is 11.7. The molecule has 0 radical (unpaired) electrons. The van der Waals surface area contributed by atoms with Gasteiger partial charge >= 0.3 is 0 Å². The van der Waals surface area contributed by atoms with Crippen LogP contribution in [0.3, 0.4) is 0 Å². The third-order valence-electron chi connectivity index (χ3n) is 4.16. The number of hydrogen-bond donors (Lipinski definition) is 2. The standard InChI is InChI=1S/C20H25BrN2O3/c1-14(18-11-17(25-3)9-10-19(18)26-4)22-20(24)13-23(2)12-15-5-7-16(21)8-6-15/h5-11,14H,12-13H2,1-4H3,(H,22,24)/p+1/t14-/m1/s1. The van der Waals surface area contributed by atoms with Crippen molar-refractivity contribution in [2.45, 2.75) is 19.5 Å². The van der Waals surface area contributed by atoms with Crippen LogP contribution in [0.2, 0.25) is 0 Å². The maximum absolute atomic E-state index is 12.4. The number of amides is 1. The number of nitrogens with one attached hydrogen (secondary N) is 2. The van der Waals surface area contributed by atoms with Crippen molar-refractivity contribution in [1.82, 2.24) is 5.32 Å². The average molecular weight is 422 g/mol. The van der Waals surface area contributed by atoms with E-state index in [1.807, 2.05) is 44.3 Å². The molecule has 1 unspecified atom stereocenters. The van der Waals surface area contributed by atoms with Crippen molar-refractivity contribution in [3.8, 4) is 11.5 Å². The Hall–Kier alpha value is -2.05. The summed E-state index contributed by atoms with van der Waals surface area (Å²) in [5.41, 5.74) is 2.09. The van der Waals surface area contributed by atoms with Crippen LogP contribution < -0.4 is 19.7 Å². The Morgan fingerprint density at radius 3 is 2.46 bits per heavy atom. The maximum Gasteiger partial charge on any atom is 0.275 e. The minimum absolute atomic E-state index is 0.00279. The van der Waals surface area contributed by atoms with Gasteiger partial charge in [0.15, 0.2) is 6.54 Å². The number of ether oxygens (including phenoxy) is 2. The monoisotopic (exact) mass is 421 g/mol. The molecule has 2 aromatic rings. The summed E-state index contributed by atoms with van der Waals surface area (Å²) in [6.07, 6.45) is 0. The zero-order chi connectivity index (χ0) is 19.1. The van der Waals surface area contributed by atoms with E-state index in [4.69, 9.17) is 9.47 Å². The predicted molar refractivity (Wildman–Crippen MR) is 106 cm³/mol. The Morgan fingerprint density at radius 1 is 1.15 bits per heavy atom. The molecule has 0 heterocycles. The first-order valence-electron chi connectivity index (χ1n) is 8.50. The molecular weight excluding hydrogens is 396 g/mol. The van der Waals surface area contributed by atoms with Crippen molar-refractivity contribution in [1.29, 1.82) is 0 Å². The van der Waals surface area contributed by atoms with Crippen LogP contribution in [0.25, 0.3) is 0 Å². The van der Waals surface area contributed by atoms with E-state index in [2.05, 4.69) is 33.4 Å². The van der Waals surface area contributed by atoms with Gasteiger partial charge in [0.2, 0.25) is 0 Å². The number of quaternary nitrogens is 1. The molecule has 2 rings (SSSR count). The van der Waals surface area contributed by atoms with Crippen molar-refractivity contribution in [3.63, 3.8) is 0 Å². The molecule has 0 aromatic heterocycles. The molecule has 26 heavy (non-hydrogen) atoms. The molecule has 0 spiro atoms. The second-order valence-electron chi connectivity index (χ2n) is 6.33. The molecule has 140 valence electrons. The highest BCUT2D eigenvalue weighted by molar-refractivity contribution is 9.10. The summed E-state index contributed by atoms with van der Waals surface area (Å²) in [5, 5.41) is 3.05. The summed E-state index contributed by atoms with van der Waals surface area (Å²) in [6, 6.07) is 13.6. The SMILES string of the molecule is COc1ccc(OC)c([C@@H](C)NC(=O)C[NH+](C)Cc2ccc(Br)cc2)c1. The van der Waals surface area contributed by atoms with Gasteiger partial charge < -0.3 is 19.7 Å². The first kappa shape index (κ1) is 20.3. The van der Waals surface area contributed by atoms with Crippen LogP contribution in [0.15, 0.2) is 46.9 Å². The molecular formula is C20H26BrN2O3+. The van der Waals surface area contributed by atoms with Crippen molar-refractivity contribution in [2.24, 2.45) is 0 Å². The van der Waals surface area contributed by atoms with Crippen LogP contribution in [0.5, 0.6) is 11.5 Å². The number of likely N-dealkylation sites (N-methyl/N-ethyl adjacent to an activating group) is 1. The largest absolute Gasteiger partial charge is 0.497 e. The number of benzene rings is 2. The minimum Gasteiger partial charge on any atom is -0.497 e. The van der Waals surface area contributed by atoms with Crippen LogP contribution in [-0.2, 0) is 11.3 Å². The molecule has 2 aromatic carbocycles. The minimum atomic E-state index is -0.173. The summed E-state index contributed by atoms with van der Waals surface area (Å²) >= 11 is 3.43. The van der Waals surface area contributed by atoms with Crippen LogP contribution >= 0.6 is 15.9 Å². The van der Waals surface area contributed by atoms with Gasteiger partial charge in [0.25, 0.3) is 5.91 Å². The first-order valence-corrected chi connectivity index (χ1v) is 9.29. The quantitative estimate of drug-likeness (QED) is 0.687. The number of carbonyl (C=O) groups excluding carboxylic acids is 1. The first-order chi connectivity index (χ1) is 12.4. The lowest BCUT2D eigenvalue weighted by atomic mass is 10.1. The zero-order valence-corrected chi connectivity index (χ0v) is 17.2. The third kappa shape index (κ3) is 5.75. The molecule has 2 atom stereocenters. The fraction of sp³-hybridized carbons (Fsp3) is 0.350. The smallest absolute Gasteiger partial charge is 0.275 e. The molecule has 0 aliphatic heterocycles. The number of halogens is 1. The Kier molecular flexibility index (Phi) is 7.48. The van der Waals surface area contributed by atoms with Crippen LogP contribution in [0.1, 0.15) is 24.1 Å². The van der Waals surface area contributed by atoms with Crippen LogP contribution in [-0.4, -0.2) is 33.7 Å². The fourth-order valence-electron chi connectivity index (χ4n) is 2.84. The highest BCUT2D eigenvalue weighted by atomic mass is 79.9. The van der Waals surface area contributed by atoms with Crippen molar-refractivity contribution >= 4 is 21.8 Å². The van der Waals surface area contributed by atoms with Crippen molar-refractivity contribution in [3.05, 3.63) is 58.1 Å². The summed E-state index contributed by atoms with van der Waals surface area (Å²) in [7, 11) is 5.25. The number of carbonyl (C=O) groups is 1. The van der Waals surface area contributed by atoms with Crippen LogP contribution in [0.4, 0.5) is 0 Å². The Morgan fingerprint density at radius 2 is 1.85 bits per heavy atom. The van der Waals surface area contributed by atoms with Crippen molar-refractivity contribution < 1.29 is 19.2 Å². The highest BCUT2D eigenvalue weighted by Gasteiger charge is 2.17. The van der Waals surface area contributed by atoms with Gasteiger partial charge in [-0.3, -0.25) is 4.79 Å². The normalized spacial score (nSPS) is 13.0. The van der Waals surface area contributed by atoms with E-state index < -0.39 is 0 Å². The fourth-order valence-corrected chi connectivity index (χ4v) is 3.10. The number of hydrogen-bond acceptors (Lipinski definition) is 3. The van der Waals surface area contributed by atoms with Gasteiger partial charge in [-0.25, -0.2) is 0 Å². The molecule has 6 heteroatoms. The molecule has 5 nitrogen and oxygen atoms in total. The summed E-state index contributed by atoms with van der Waals surface area (Å²) in [6.45, 7) is 3.13. The molecule has 0 bridgehead atoms. The van der Waals surface area contributed by atoms with Gasteiger partial charge in [0.05, 0.1) is 27.3 Å². The van der Waals surface area contributed by atoms with E-state index in [0.29, 0.717) is 6.54 Å². The lowest BCUT2D eigenvalue weighted by Gasteiger charge is -2.20. The lowest BCUT2D eigenvalue weighted by molar-refractivity contribution is -0.885. The second kappa shape index (κ2) is 9.59. The topological polar surface area (TPSA) is 52.0 Å². The molecule has 0 saturated heterocycles. The van der Waals surface area contributed by atoms with E-state index in [1.165, 1.54) is 5.56 Å². The number of methoxy groups -OCH3 is 2. The Labute approximate surface area is 163 Å². The van der Waals surface area contributed by atoms with Gasteiger partial charge in [-0.05, 0) is 37.3 Å². The highest BCUT2D eigenvalue weighted by Crippen LogP contribution is 2.29. The molecule has 0 fully saturated rings. The molecule has 2 N–H and O–H groups in total. The Bertz CT molecular complexity index is 734. The second-order valence-corrected chi connectivity index (χ2v) is 7.25. The van der Waals surface area contributed by atoms with E-state index in [9.17, 15) is 4.79 Å². The summed E-state index contributed by atoms with van der Waals surface area (Å²) in [5.74, 6) is 1.46. The van der Waals surface area contributed by atoms with Crippen LogP contribution in [0, 0.1) is 0 Å². The van der Waals surface area contributed by atoms with E-state index in [1.54, 1.807) is 14.2 Å². The molecule has 0 aliphatic carbocycles. The van der Waals surface area contributed by atoms with Crippen molar-refractivity contribution in [2.75, 3.05) is 27.8 Å². The predicted octanol–water partition coefficient (Wildman–Crippen LogP) is 2.36. The molecule has 0 saturated carbocycles. The lowest BCUT2D eigenvalue weighted by Crippen LogP contribution is -3.08. The van der Waals surface area contributed by atoms with E-state index >= 15 is 0 Å². The summed E-state index contributed by atoms with van der Waals surface area (Å²) in [4.78, 5) is 13.5. The van der Waals surface area contributed by atoms with E-state index in [-0.39, 0.29) is 11.9 Å². The number of rotatable bonds is 8. The van der Waals surface area contributed by atoms with Gasteiger partial charge in [0, 0.05) is 15.6 Å². The van der Waals surface area contributed by atoms with Gasteiger partial charge in [-0.2, -0.15) is 0 Å². The van der Waals surface area contributed by atoms with Gasteiger partial charge in [0.1, 0.15) is 18.0 Å². The van der Waals surface area contributed by atoms with Gasteiger partial charge in [-0.15, -0.1) is 0 Å². The van der Waals surface area contributed by atoms with E-state index in [0.717, 1.165) is 33.0 Å². The molecule has 0 aliphatic rings.